The smallest absolute Gasteiger partial charge is 0.230 e. The Morgan fingerprint density at radius 1 is 1.30 bits per heavy atom. The van der Waals surface area contributed by atoms with E-state index in [4.69, 9.17) is 9.51 Å². The second-order valence-electron chi connectivity index (χ2n) is 8.48. The van der Waals surface area contributed by atoms with E-state index in [1.165, 1.54) is 12.0 Å². The maximum atomic E-state index is 12.0. The minimum Gasteiger partial charge on any atom is -0.346 e. The molecule has 1 aromatic carbocycles. The van der Waals surface area contributed by atoms with Crippen LogP contribution in [0, 0.1) is 0 Å². The summed E-state index contributed by atoms with van der Waals surface area (Å²) in [6.45, 7) is 1.67. The third-order valence-electron chi connectivity index (χ3n) is 6.50. The van der Waals surface area contributed by atoms with Crippen LogP contribution in [0.5, 0.6) is 0 Å². The van der Waals surface area contributed by atoms with Crippen molar-refractivity contribution in [3.8, 4) is 0 Å². The topological polar surface area (TPSA) is 71.3 Å². The van der Waals surface area contributed by atoms with E-state index in [0.29, 0.717) is 24.3 Å². The molecule has 0 bridgehead atoms. The van der Waals surface area contributed by atoms with Crippen molar-refractivity contribution in [1.29, 1.82) is 0 Å². The van der Waals surface area contributed by atoms with Crippen LogP contribution in [-0.2, 0) is 10.2 Å². The van der Waals surface area contributed by atoms with E-state index < -0.39 is 0 Å². The Balaban J connectivity index is 1.20. The predicted molar refractivity (Wildman–Crippen MR) is 100 cm³/mol. The molecule has 2 saturated carbocycles. The number of amides is 1. The van der Waals surface area contributed by atoms with Gasteiger partial charge in [0.15, 0.2) is 5.82 Å². The Morgan fingerprint density at radius 3 is 2.85 bits per heavy atom. The van der Waals surface area contributed by atoms with Crippen molar-refractivity contribution in [3.05, 3.63) is 47.6 Å². The van der Waals surface area contributed by atoms with Gasteiger partial charge in [-0.3, -0.25) is 4.79 Å². The molecular weight excluding hydrogens is 340 g/mol. The second kappa shape index (κ2) is 6.44. The van der Waals surface area contributed by atoms with Gasteiger partial charge in [0, 0.05) is 49.9 Å². The first-order valence-electron chi connectivity index (χ1n) is 10.0. The zero-order valence-electron chi connectivity index (χ0n) is 15.7. The van der Waals surface area contributed by atoms with E-state index in [9.17, 15) is 4.79 Å². The van der Waals surface area contributed by atoms with E-state index in [0.717, 1.165) is 38.2 Å². The summed E-state index contributed by atoms with van der Waals surface area (Å²) >= 11 is 0. The number of carbonyl (C=O) groups is 1. The summed E-state index contributed by atoms with van der Waals surface area (Å²) < 4.78 is 5.57. The monoisotopic (exact) mass is 366 g/mol. The Bertz CT molecular complexity index is 830. The van der Waals surface area contributed by atoms with E-state index in [2.05, 4.69) is 40.8 Å². The Hall–Kier alpha value is -2.21. The predicted octanol–water partition coefficient (Wildman–Crippen LogP) is 2.58. The first-order valence-corrected chi connectivity index (χ1v) is 10.0. The lowest BCUT2D eigenvalue weighted by molar-refractivity contribution is -0.132. The fourth-order valence-corrected chi connectivity index (χ4v) is 4.22. The van der Waals surface area contributed by atoms with Gasteiger partial charge in [0.1, 0.15) is 0 Å². The van der Waals surface area contributed by atoms with Gasteiger partial charge in [-0.05, 0) is 31.2 Å². The summed E-state index contributed by atoms with van der Waals surface area (Å²) in [5.74, 6) is 2.34. The van der Waals surface area contributed by atoms with Crippen LogP contribution < -0.4 is 5.32 Å². The number of rotatable bonds is 6. The summed E-state index contributed by atoms with van der Waals surface area (Å²) in [5, 5.41) is 8.02. The van der Waals surface area contributed by atoms with Crippen LogP contribution in [0.1, 0.15) is 61.2 Å². The molecule has 0 spiro atoms. The fourth-order valence-electron chi connectivity index (χ4n) is 4.22. The molecule has 1 saturated heterocycles. The molecule has 6 heteroatoms. The summed E-state index contributed by atoms with van der Waals surface area (Å²) in [4.78, 5) is 18.4. The number of nitrogens with one attached hydrogen (secondary N) is 1. The zero-order chi connectivity index (χ0) is 18.4. The highest BCUT2D eigenvalue weighted by atomic mass is 16.5. The highest BCUT2D eigenvalue weighted by Crippen LogP contribution is 2.48. The van der Waals surface area contributed by atoms with Crippen LogP contribution >= 0.6 is 0 Å². The summed E-state index contributed by atoms with van der Waals surface area (Å²) in [6, 6.07) is 11.3. The molecule has 5 rings (SSSR count). The minimum atomic E-state index is 0.0288. The number of nitrogens with zero attached hydrogens (tertiary/aromatic N) is 3. The molecule has 1 aromatic heterocycles. The van der Waals surface area contributed by atoms with Gasteiger partial charge >= 0.3 is 0 Å². The van der Waals surface area contributed by atoms with Crippen LogP contribution in [0.2, 0.25) is 0 Å². The lowest BCUT2D eigenvalue weighted by Gasteiger charge is -2.26. The van der Waals surface area contributed by atoms with Crippen LogP contribution in [0.4, 0.5) is 0 Å². The average Bonchev–Trinajstić information content (AvgIpc) is 3.60. The van der Waals surface area contributed by atoms with Gasteiger partial charge in [-0.1, -0.05) is 35.5 Å². The lowest BCUT2D eigenvalue weighted by atomic mass is 9.96. The Labute approximate surface area is 159 Å². The number of benzene rings is 1. The molecule has 27 heavy (non-hydrogen) atoms. The van der Waals surface area contributed by atoms with Crippen LogP contribution in [0.15, 0.2) is 34.9 Å². The van der Waals surface area contributed by atoms with Gasteiger partial charge in [-0.2, -0.15) is 4.98 Å². The van der Waals surface area contributed by atoms with E-state index >= 15 is 0 Å². The van der Waals surface area contributed by atoms with E-state index in [-0.39, 0.29) is 17.2 Å². The Morgan fingerprint density at radius 2 is 2.11 bits per heavy atom. The molecule has 0 radical (unpaired) electrons. The van der Waals surface area contributed by atoms with Crippen molar-refractivity contribution in [3.63, 3.8) is 0 Å². The van der Waals surface area contributed by atoms with E-state index in [1.54, 1.807) is 4.90 Å². The van der Waals surface area contributed by atoms with Gasteiger partial charge in [-0.25, -0.2) is 0 Å². The number of aromatic nitrogens is 2. The molecule has 3 atom stereocenters. The molecule has 3 aliphatic rings. The van der Waals surface area contributed by atoms with E-state index in [1.807, 2.05) is 7.05 Å². The second-order valence-corrected chi connectivity index (χ2v) is 8.48. The quantitative estimate of drug-likeness (QED) is 0.851. The van der Waals surface area contributed by atoms with Crippen LogP contribution in [0.3, 0.4) is 0 Å². The first kappa shape index (κ1) is 16.9. The average molecular weight is 366 g/mol. The SMILES string of the molecule is CN1CCC(c2nc(C3(CNC4CC4c4ccccc4)CC3)no2)CC1=O. The molecule has 2 aliphatic carbocycles. The maximum absolute atomic E-state index is 12.0. The van der Waals surface area contributed by atoms with Crippen LogP contribution in [0.25, 0.3) is 0 Å². The summed E-state index contributed by atoms with van der Waals surface area (Å²) in [5.41, 5.74) is 1.45. The number of likely N-dealkylation sites (tertiary alicyclic amines) is 1. The van der Waals surface area contributed by atoms with Gasteiger partial charge in [0.05, 0.1) is 0 Å². The number of hydrogen-bond donors (Lipinski definition) is 1. The molecular formula is C21H26N4O2. The fraction of sp³-hybridized carbons (Fsp3) is 0.571. The molecule has 3 unspecified atom stereocenters. The van der Waals surface area contributed by atoms with Crippen molar-refractivity contribution in [2.24, 2.45) is 0 Å². The maximum Gasteiger partial charge on any atom is 0.230 e. The molecule has 6 nitrogen and oxygen atoms in total. The van der Waals surface area contributed by atoms with Crippen molar-refractivity contribution in [2.75, 3.05) is 20.1 Å². The largest absolute Gasteiger partial charge is 0.346 e. The van der Waals surface area contributed by atoms with Crippen LogP contribution in [-0.4, -0.2) is 47.1 Å². The molecule has 1 amide bonds. The molecule has 1 N–H and O–H groups in total. The normalized spacial score (nSPS) is 29.0. The van der Waals surface area contributed by atoms with Gasteiger partial charge < -0.3 is 14.7 Å². The zero-order valence-corrected chi connectivity index (χ0v) is 15.7. The molecule has 142 valence electrons. The van der Waals surface area contributed by atoms with Gasteiger partial charge in [0.2, 0.25) is 11.8 Å². The molecule has 3 fully saturated rings. The third-order valence-corrected chi connectivity index (χ3v) is 6.50. The number of hydrogen-bond acceptors (Lipinski definition) is 5. The lowest BCUT2D eigenvalue weighted by Crippen LogP contribution is -2.35. The van der Waals surface area contributed by atoms with Gasteiger partial charge in [-0.15, -0.1) is 0 Å². The van der Waals surface area contributed by atoms with Crippen molar-refractivity contribution < 1.29 is 9.32 Å². The highest BCUT2D eigenvalue weighted by molar-refractivity contribution is 5.77. The van der Waals surface area contributed by atoms with Crippen molar-refractivity contribution >= 4 is 5.91 Å². The number of carbonyl (C=O) groups excluding carboxylic acids is 1. The molecule has 2 aromatic rings. The van der Waals surface area contributed by atoms with Gasteiger partial charge in [0.25, 0.3) is 0 Å². The summed E-state index contributed by atoms with van der Waals surface area (Å²) in [6.07, 6.45) is 4.79. The Kier molecular flexibility index (Phi) is 4.04. The first-order chi connectivity index (χ1) is 13.1. The van der Waals surface area contributed by atoms with Crippen molar-refractivity contribution in [2.45, 2.75) is 55.4 Å². The molecule has 1 aliphatic heterocycles. The van der Waals surface area contributed by atoms with Crippen molar-refractivity contribution in [1.82, 2.24) is 20.4 Å². The third kappa shape index (κ3) is 3.27. The summed E-state index contributed by atoms with van der Waals surface area (Å²) in [7, 11) is 1.85. The molecule has 2 heterocycles. The highest BCUT2D eigenvalue weighted by Gasteiger charge is 2.50. The number of piperidine rings is 1. The minimum absolute atomic E-state index is 0.0288. The standard InChI is InChI=1S/C21H26N4O2/c1-25-10-7-15(11-18(25)26)19-23-20(24-27-19)21(8-9-21)13-22-17-12-16(17)14-5-3-2-4-6-14/h2-6,15-17,22H,7-13H2,1H3.